The van der Waals surface area contributed by atoms with Gasteiger partial charge in [0, 0.05) is 22.2 Å². The summed E-state index contributed by atoms with van der Waals surface area (Å²) < 4.78 is 26.3. The Morgan fingerprint density at radius 3 is 2.58 bits per heavy atom. The predicted molar refractivity (Wildman–Crippen MR) is 71.6 cm³/mol. The lowest BCUT2D eigenvalue weighted by molar-refractivity contribution is 0.565. The normalized spacial score (nSPS) is 10.5. The summed E-state index contributed by atoms with van der Waals surface area (Å²) in [6.45, 7) is 1.61. The van der Waals surface area contributed by atoms with Crippen molar-refractivity contribution in [1.29, 1.82) is 5.41 Å². The van der Waals surface area contributed by atoms with Crippen molar-refractivity contribution in [3.63, 3.8) is 0 Å². The van der Waals surface area contributed by atoms with Gasteiger partial charge < -0.3 is 11.1 Å². The van der Waals surface area contributed by atoms with Crippen LogP contribution in [-0.2, 0) is 0 Å². The number of nitrogen functional groups attached to an aromatic ring is 1. The number of hydrogen-bond acceptors (Lipinski definition) is 4. The minimum atomic E-state index is -0.641. The Labute approximate surface area is 113 Å². The third kappa shape index (κ3) is 3.08. The summed E-state index contributed by atoms with van der Waals surface area (Å²) in [5, 5.41) is 7.99. The SMILES string of the molecule is CC(=N)c1ccc(Sc2ccc(F)cc2F)nc1N. The van der Waals surface area contributed by atoms with E-state index in [1.807, 2.05) is 0 Å². The quantitative estimate of drug-likeness (QED) is 0.845. The first-order valence-electron chi connectivity index (χ1n) is 5.42. The van der Waals surface area contributed by atoms with Crippen LogP contribution >= 0.6 is 11.8 Å². The van der Waals surface area contributed by atoms with Gasteiger partial charge in [0.1, 0.15) is 22.5 Å². The summed E-state index contributed by atoms with van der Waals surface area (Å²) in [5.41, 5.74) is 6.58. The third-order valence-electron chi connectivity index (χ3n) is 2.41. The number of nitrogens with one attached hydrogen (secondary N) is 1. The van der Waals surface area contributed by atoms with Crippen LogP contribution < -0.4 is 5.73 Å². The molecule has 98 valence electrons. The number of nitrogens with zero attached hydrogens (tertiary/aromatic N) is 1. The van der Waals surface area contributed by atoms with Crippen LogP contribution in [0.3, 0.4) is 0 Å². The Bertz CT molecular complexity index is 644. The maximum Gasteiger partial charge on any atom is 0.140 e. The third-order valence-corrected chi connectivity index (χ3v) is 3.40. The van der Waals surface area contributed by atoms with E-state index >= 15 is 0 Å². The molecule has 3 nitrogen and oxygen atoms in total. The van der Waals surface area contributed by atoms with Crippen molar-refractivity contribution in [2.24, 2.45) is 0 Å². The van der Waals surface area contributed by atoms with E-state index in [0.717, 1.165) is 17.8 Å². The van der Waals surface area contributed by atoms with Crippen molar-refractivity contribution >= 4 is 23.3 Å². The largest absolute Gasteiger partial charge is 0.383 e. The second kappa shape index (κ2) is 5.36. The molecule has 0 unspecified atom stereocenters. The Balaban J connectivity index is 2.29. The van der Waals surface area contributed by atoms with Gasteiger partial charge in [-0.25, -0.2) is 13.8 Å². The average molecular weight is 279 g/mol. The fourth-order valence-corrected chi connectivity index (χ4v) is 2.30. The summed E-state index contributed by atoms with van der Waals surface area (Å²) >= 11 is 1.05. The van der Waals surface area contributed by atoms with E-state index in [9.17, 15) is 8.78 Å². The molecule has 1 aromatic carbocycles. The van der Waals surface area contributed by atoms with Gasteiger partial charge in [-0.1, -0.05) is 11.8 Å². The molecule has 0 atom stereocenters. The molecule has 0 amide bonds. The van der Waals surface area contributed by atoms with Gasteiger partial charge in [-0.2, -0.15) is 0 Å². The van der Waals surface area contributed by atoms with E-state index in [2.05, 4.69) is 4.98 Å². The molecule has 0 saturated heterocycles. The highest BCUT2D eigenvalue weighted by molar-refractivity contribution is 7.99. The number of benzene rings is 1. The van der Waals surface area contributed by atoms with Gasteiger partial charge in [-0.05, 0) is 31.2 Å². The maximum atomic E-state index is 13.5. The van der Waals surface area contributed by atoms with Crippen LogP contribution in [0.2, 0.25) is 0 Å². The highest BCUT2D eigenvalue weighted by atomic mass is 32.2. The van der Waals surface area contributed by atoms with Crippen molar-refractivity contribution in [3.05, 3.63) is 47.5 Å². The molecule has 2 rings (SSSR count). The monoisotopic (exact) mass is 279 g/mol. The summed E-state index contributed by atoms with van der Waals surface area (Å²) in [6, 6.07) is 6.67. The molecule has 1 heterocycles. The van der Waals surface area contributed by atoms with E-state index in [1.54, 1.807) is 19.1 Å². The molecule has 3 N–H and O–H groups in total. The fraction of sp³-hybridized carbons (Fsp3) is 0.0769. The van der Waals surface area contributed by atoms with Crippen LogP contribution in [0.4, 0.5) is 14.6 Å². The van der Waals surface area contributed by atoms with E-state index < -0.39 is 11.6 Å². The Hall–Kier alpha value is -1.95. The Kier molecular flexibility index (Phi) is 3.80. The van der Waals surface area contributed by atoms with Crippen molar-refractivity contribution < 1.29 is 8.78 Å². The van der Waals surface area contributed by atoms with E-state index in [0.29, 0.717) is 16.3 Å². The molecular weight excluding hydrogens is 268 g/mol. The number of nitrogens with two attached hydrogens (primary N) is 1. The molecule has 19 heavy (non-hydrogen) atoms. The maximum absolute atomic E-state index is 13.5. The molecule has 0 spiro atoms. The van der Waals surface area contributed by atoms with Gasteiger partial charge in [0.2, 0.25) is 0 Å². The zero-order valence-corrected chi connectivity index (χ0v) is 10.9. The van der Waals surface area contributed by atoms with Crippen LogP contribution in [0.1, 0.15) is 12.5 Å². The standard InChI is InChI=1S/C13H11F2N3S/c1-7(16)9-3-5-12(18-13(9)17)19-11-4-2-8(14)6-10(11)15/h2-6,16H,1H3,(H2,17,18). The number of pyridine rings is 1. The van der Waals surface area contributed by atoms with Gasteiger partial charge in [0.15, 0.2) is 0 Å². The lowest BCUT2D eigenvalue weighted by atomic mass is 10.2. The molecule has 1 aromatic heterocycles. The second-order valence-corrected chi connectivity index (χ2v) is 4.95. The second-order valence-electron chi connectivity index (χ2n) is 3.88. The van der Waals surface area contributed by atoms with Crippen LogP contribution in [0, 0.1) is 17.0 Å². The minimum absolute atomic E-state index is 0.222. The van der Waals surface area contributed by atoms with Gasteiger partial charge in [0.25, 0.3) is 0 Å². The summed E-state index contributed by atoms with van der Waals surface area (Å²) in [7, 11) is 0. The van der Waals surface area contributed by atoms with Crippen molar-refractivity contribution in [3.8, 4) is 0 Å². The summed E-state index contributed by atoms with van der Waals surface area (Å²) in [5.74, 6) is -1.04. The minimum Gasteiger partial charge on any atom is -0.383 e. The van der Waals surface area contributed by atoms with Crippen LogP contribution in [0.15, 0.2) is 40.3 Å². The van der Waals surface area contributed by atoms with Gasteiger partial charge in [-0.3, -0.25) is 0 Å². The van der Waals surface area contributed by atoms with Crippen LogP contribution in [0.25, 0.3) is 0 Å². The topological polar surface area (TPSA) is 62.8 Å². The van der Waals surface area contributed by atoms with Gasteiger partial charge in [-0.15, -0.1) is 0 Å². The highest BCUT2D eigenvalue weighted by Gasteiger charge is 2.09. The first kappa shape index (κ1) is 13.5. The zero-order valence-electron chi connectivity index (χ0n) is 10.1. The molecule has 6 heteroatoms. The first-order chi connectivity index (χ1) is 8.97. The van der Waals surface area contributed by atoms with Gasteiger partial charge >= 0.3 is 0 Å². The number of anilines is 1. The molecule has 0 aliphatic carbocycles. The molecule has 0 aliphatic rings. The van der Waals surface area contributed by atoms with Crippen molar-refractivity contribution in [2.75, 3.05) is 5.73 Å². The molecule has 0 radical (unpaired) electrons. The molecule has 0 aliphatic heterocycles. The molecule has 0 fully saturated rings. The van der Waals surface area contributed by atoms with E-state index in [1.165, 1.54) is 12.1 Å². The molecule has 0 saturated carbocycles. The smallest absolute Gasteiger partial charge is 0.140 e. The lowest BCUT2D eigenvalue weighted by Crippen LogP contribution is -2.02. The van der Waals surface area contributed by atoms with Crippen molar-refractivity contribution in [2.45, 2.75) is 16.8 Å². The Morgan fingerprint density at radius 1 is 1.26 bits per heavy atom. The van der Waals surface area contributed by atoms with Crippen LogP contribution in [-0.4, -0.2) is 10.7 Å². The summed E-state index contributed by atoms with van der Waals surface area (Å²) in [4.78, 5) is 4.36. The average Bonchev–Trinajstić information content (AvgIpc) is 2.32. The number of hydrogen-bond donors (Lipinski definition) is 2. The summed E-state index contributed by atoms with van der Waals surface area (Å²) in [6.07, 6.45) is 0. The number of rotatable bonds is 3. The van der Waals surface area contributed by atoms with Crippen LogP contribution in [0.5, 0.6) is 0 Å². The molecule has 0 bridgehead atoms. The van der Waals surface area contributed by atoms with E-state index in [4.69, 9.17) is 11.1 Å². The fourth-order valence-electron chi connectivity index (χ4n) is 1.50. The van der Waals surface area contributed by atoms with Crippen molar-refractivity contribution in [1.82, 2.24) is 4.98 Å². The predicted octanol–water partition coefficient (Wildman–Crippen LogP) is 3.48. The van der Waals surface area contributed by atoms with Gasteiger partial charge in [0.05, 0.1) is 0 Å². The number of aromatic nitrogens is 1. The molecule has 2 aromatic rings. The number of halogens is 2. The highest BCUT2D eigenvalue weighted by Crippen LogP contribution is 2.29. The zero-order chi connectivity index (χ0) is 14.0. The lowest BCUT2D eigenvalue weighted by Gasteiger charge is -2.06. The molecular formula is C13H11F2N3S. The Morgan fingerprint density at radius 2 is 2.00 bits per heavy atom. The first-order valence-corrected chi connectivity index (χ1v) is 6.24. The van der Waals surface area contributed by atoms with E-state index in [-0.39, 0.29) is 10.7 Å².